The van der Waals surface area contributed by atoms with E-state index in [0.29, 0.717) is 6.61 Å². The highest BCUT2D eigenvalue weighted by molar-refractivity contribution is 8.00. The second-order valence-electron chi connectivity index (χ2n) is 3.20. The second-order valence-corrected chi connectivity index (χ2v) is 5.29. The summed E-state index contributed by atoms with van der Waals surface area (Å²) >= 11 is 3.41. The fourth-order valence-corrected chi connectivity index (χ4v) is 3.07. The topological polar surface area (TPSA) is 22.1 Å². The molecule has 4 heteroatoms. The van der Waals surface area contributed by atoms with Gasteiger partial charge in [-0.1, -0.05) is 11.8 Å². The molecule has 0 saturated carbocycles. The molecule has 0 unspecified atom stereocenters. The molecule has 0 radical (unpaired) electrons. The van der Waals surface area contributed by atoms with Crippen LogP contribution < -0.4 is 4.74 Å². The maximum Gasteiger partial charge on any atom is 0.150 e. The molecular weight excluding hydrogens is 226 g/mol. The molecule has 0 saturated heterocycles. The Kier molecular flexibility index (Phi) is 3.17. The van der Waals surface area contributed by atoms with E-state index in [1.807, 2.05) is 6.92 Å². The van der Waals surface area contributed by atoms with Gasteiger partial charge in [0.15, 0.2) is 4.34 Å². The van der Waals surface area contributed by atoms with Crippen molar-refractivity contribution in [1.29, 1.82) is 0 Å². The summed E-state index contributed by atoms with van der Waals surface area (Å²) in [5.41, 5.74) is 2.29. The highest BCUT2D eigenvalue weighted by Crippen LogP contribution is 2.32. The molecule has 0 aliphatic rings. The lowest BCUT2D eigenvalue weighted by atomic mass is 10.2. The Morgan fingerprint density at radius 3 is 2.93 bits per heavy atom. The van der Waals surface area contributed by atoms with Crippen LogP contribution in [0.2, 0.25) is 0 Å². The Hall–Kier alpha value is -0.740. The van der Waals surface area contributed by atoms with Gasteiger partial charge in [0.2, 0.25) is 0 Å². The molecule has 0 fully saturated rings. The third kappa shape index (κ3) is 2.11. The smallest absolute Gasteiger partial charge is 0.150 e. The first-order valence-corrected chi connectivity index (χ1v) is 6.86. The van der Waals surface area contributed by atoms with Crippen molar-refractivity contribution in [3.05, 3.63) is 17.7 Å². The van der Waals surface area contributed by atoms with Gasteiger partial charge in [0, 0.05) is 0 Å². The predicted molar refractivity (Wildman–Crippen MR) is 67.3 cm³/mol. The molecule has 0 N–H and O–H groups in total. The van der Waals surface area contributed by atoms with E-state index in [0.717, 1.165) is 15.6 Å². The number of aromatic nitrogens is 1. The Labute approximate surface area is 97.7 Å². The Morgan fingerprint density at radius 1 is 1.47 bits per heavy atom. The van der Waals surface area contributed by atoms with Crippen molar-refractivity contribution in [3.63, 3.8) is 0 Å². The van der Waals surface area contributed by atoms with Crippen LogP contribution in [0.3, 0.4) is 0 Å². The molecule has 1 aromatic heterocycles. The molecule has 0 amide bonds. The Morgan fingerprint density at radius 2 is 2.27 bits per heavy atom. The van der Waals surface area contributed by atoms with Crippen LogP contribution in [0, 0.1) is 6.92 Å². The zero-order valence-electron chi connectivity index (χ0n) is 9.03. The summed E-state index contributed by atoms with van der Waals surface area (Å²) in [5.74, 6) is 0.943. The van der Waals surface area contributed by atoms with Gasteiger partial charge in [-0.25, -0.2) is 4.98 Å². The average Bonchev–Trinajstić information content (AvgIpc) is 2.62. The van der Waals surface area contributed by atoms with Gasteiger partial charge >= 0.3 is 0 Å². The van der Waals surface area contributed by atoms with Gasteiger partial charge < -0.3 is 4.74 Å². The first-order valence-electron chi connectivity index (χ1n) is 4.82. The zero-order chi connectivity index (χ0) is 10.8. The number of rotatable bonds is 3. The molecular formula is C11H13NOS2. The summed E-state index contributed by atoms with van der Waals surface area (Å²) in [4.78, 5) is 4.56. The van der Waals surface area contributed by atoms with Crippen LogP contribution in [0.4, 0.5) is 0 Å². The summed E-state index contributed by atoms with van der Waals surface area (Å²) in [6.45, 7) is 4.79. The molecule has 2 rings (SSSR count). The van der Waals surface area contributed by atoms with Gasteiger partial charge in [0.05, 0.1) is 16.8 Å². The largest absolute Gasteiger partial charge is 0.494 e. The lowest BCUT2D eigenvalue weighted by molar-refractivity contribution is 0.340. The summed E-state index contributed by atoms with van der Waals surface area (Å²) in [6, 6.07) is 4.12. The van der Waals surface area contributed by atoms with Gasteiger partial charge in [-0.15, -0.1) is 11.3 Å². The zero-order valence-corrected chi connectivity index (χ0v) is 10.7. The highest BCUT2D eigenvalue weighted by atomic mass is 32.2. The predicted octanol–water partition coefficient (Wildman–Crippen LogP) is 3.73. The molecule has 2 aromatic rings. The van der Waals surface area contributed by atoms with Crippen molar-refractivity contribution in [3.8, 4) is 5.75 Å². The first-order chi connectivity index (χ1) is 7.24. The van der Waals surface area contributed by atoms with E-state index >= 15 is 0 Å². The number of nitrogens with zero attached hydrogens (tertiary/aromatic N) is 1. The SMILES string of the molecule is CCOc1cc(C)c2nc(SC)sc2c1. The minimum atomic E-state index is 0.707. The third-order valence-electron chi connectivity index (χ3n) is 2.13. The van der Waals surface area contributed by atoms with Crippen molar-refractivity contribution >= 4 is 33.3 Å². The van der Waals surface area contributed by atoms with Crippen molar-refractivity contribution in [2.45, 2.75) is 18.2 Å². The highest BCUT2D eigenvalue weighted by Gasteiger charge is 2.07. The second kappa shape index (κ2) is 4.41. The van der Waals surface area contributed by atoms with E-state index in [-0.39, 0.29) is 0 Å². The molecule has 15 heavy (non-hydrogen) atoms. The van der Waals surface area contributed by atoms with E-state index in [1.165, 1.54) is 10.3 Å². The Balaban J connectivity index is 2.54. The summed E-state index contributed by atoms with van der Waals surface area (Å²) in [7, 11) is 0. The van der Waals surface area contributed by atoms with E-state index in [2.05, 4.69) is 30.3 Å². The van der Waals surface area contributed by atoms with E-state index in [4.69, 9.17) is 4.74 Å². The molecule has 0 spiro atoms. The van der Waals surface area contributed by atoms with Crippen LogP contribution in [0.5, 0.6) is 5.75 Å². The fourth-order valence-electron chi connectivity index (χ4n) is 1.48. The molecule has 0 aliphatic heterocycles. The van der Waals surface area contributed by atoms with Crippen LogP contribution in [-0.4, -0.2) is 17.8 Å². The number of hydrogen-bond acceptors (Lipinski definition) is 4. The maximum absolute atomic E-state index is 5.51. The maximum atomic E-state index is 5.51. The molecule has 2 nitrogen and oxygen atoms in total. The third-order valence-corrected chi connectivity index (χ3v) is 4.11. The van der Waals surface area contributed by atoms with Gasteiger partial charge in [0.1, 0.15) is 5.75 Å². The number of fused-ring (bicyclic) bond motifs is 1. The lowest BCUT2D eigenvalue weighted by Crippen LogP contribution is -1.91. The molecule has 1 heterocycles. The average molecular weight is 239 g/mol. The molecule has 0 bridgehead atoms. The lowest BCUT2D eigenvalue weighted by Gasteiger charge is -2.03. The Bertz CT molecular complexity index is 479. The van der Waals surface area contributed by atoms with E-state index < -0.39 is 0 Å². The van der Waals surface area contributed by atoms with Gasteiger partial charge in [-0.2, -0.15) is 0 Å². The minimum Gasteiger partial charge on any atom is -0.494 e. The van der Waals surface area contributed by atoms with Gasteiger partial charge in [-0.3, -0.25) is 0 Å². The van der Waals surface area contributed by atoms with Gasteiger partial charge in [-0.05, 0) is 37.8 Å². The van der Waals surface area contributed by atoms with Crippen molar-refractivity contribution in [1.82, 2.24) is 4.98 Å². The monoisotopic (exact) mass is 239 g/mol. The van der Waals surface area contributed by atoms with Crippen LogP contribution >= 0.6 is 23.1 Å². The molecule has 0 aliphatic carbocycles. The normalized spacial score (nSPS) is 10.9. The van der Waals surface area contributed by atoms with Gasteiger partial charge in [0.25, 0.3) is 0 Å². The van der Waals surface area contributed by atoms with E-state index in [9.17, 15) is 0 Å². The van der Waals surface area contributed by atoms with Crippen LogP contribution in [0.1, 0.15) is 12.5 Å². The number of benzene rings is 1. The van der Waals surface area contributed by atoms with E-state index in [1.54, 1.807) is 23.1 Å². The molecule has 1 aromatic carbocycles. The van der Waals surface area contributed by atoms with Crippen LogP contribution in [-0.2, 0) is 0 Å². The van der Waals surface area contributed by atoms with Crippen molar-refractivity contribution in [2.24, 2.45) is 0 Å². The number of ether oxygens (including phenoxy) is 1. The summed E-state index contributed by atoms with van der Waals surface area (Å²) in [5, 5.41) is 0. The molecule has 0 atom stereocenters. The number of thiazole rings is 1. The quantitative estimate of drug-likeness (QED) is 0.762. The minimum absolute atomic E-state index is 0.707. The molecule has 80 valence electrons. The standard InChI is InChI=1S/C11H13NOS2/c1-4-13-8-5-7(2)10-9(6-8)15-11(12-10)14-3/h5-6H,4H2,1-3H3. The number of thioether (sulfide) groups is 1. The summed E-state index contributed by atoms with van der Waals surface area (Å²) < 4.78 is 7.83. The van der Waals surface area contributed by atoms with Crippen LogP contribution in [0.25, 0.3) is 10.2 Å². The summed E-state index contributed by atoms with van der Waals surface area (Å²) in [6.07, 6.45) is 2.05. The fraction of sp³-hybridized carbons (Fsp3) is 0.364. The first kappa shape index (κ1) is 10.8. The van der Waals surface area contributed by atoms with Crippen LogP contribution in [0.15, 0.2) is 16.5 Å². The van der Waals surface area contributed by atoms with Crippen molar-refractivity contribution in [2.75, 3.05) is 12.9 Å². The van der Waals surface area contributed by atoms with Crippen molar-refractivity contribution < 1.29 is 4.74 Å². The number of hydrogen-bond donors (Lipinski definition) is 0. The number of aryl methyl sites for hydroxylation is 1.